The lowest BCUT2D eigenvalue weighted by Gasteiger charge is -2.38. The van der Waals surface area contributed by atoms with Gasteiger partial charge in [-0.15, -0.1) is 0 Å². The van der Waals surface area contributed by atoms with E-state index in [0.717, 1.165) is 31.8 Å². The van der Waals surface area contributed by atoms with E-state index in [1.165, 1.54) is 0 Å². The molecule has 0 saturated carbocycles. The minimum Gasteiger partial charge on any atom is -0.478 e. The Morgan fingerprint density at radius 2 is 2.26 bits per heavy atom. The summed E-state index contributed by atoms with van der Waals surface area (Å²) in [7, 11) is 2.16. The van der Waals surface area contributed by atoms with Gasteiger partial charge in [-0.1, -0.05) is 6.92 Å². The number of rotatable bonds is 4. The maximum atomic E-state index is 11.0. The molecule has 106 valence electrons. The normalized spacial score (nSPS) is 21.7. The molecular weight excluding hydrogens is 244 g/mol. The molecule has 19 heavy (non-hydrogen) atoms. The molecule has 1 aromatic heterocycles. The number of piperazine rings is 1. The molecule has 1 aliphatic rings. The van der Waals surface area contributed by atoms with E-state index in [1.54, 1.807) is 13.0 Å². The van der Waals surface area contributed by atoms with Crippen molar-refractivity contribution in [2.24, 2.45) is 0 Å². The molecule has 1 atom stereocenters. The van der Waals surface area contributed by atoms with Crippen LogP contribution < -0.4 is 0 Å². The largest absolute Gasteiger partial charge is 0.478 e. The van der Waals surface area contributed by atoms with Crippen molar-refractivity contribution < 1.29 is 14.3 Å². The van der Waals surface area contributed by atoms with Crippen LogP contribution in [0.5, 0.6) is 0 Å². The summed E-state index contributed by atoms with van der Waals surface area (Å²) >= 11 is 0. The molecular formula is C14H22N2O3. The number of nitrogens with zero attached hydrogens (tertiary/aromatic N) is 2. The van der Waals surface area contributed by atoms with Gasteiger partial charge in [-0.25, -0.2) is 4.79 Å². The molecule has 0 aromatic carbocycles. The van der Waals surface area contributed by atoms with E-state index in [1.807, 2.05) is 0 Å². The second-order valence-electron chi connectivity index (χ2n) is 5.27. The van der Waals surface area contributed by atoms with E-state index in [9.17, 15) is 4.79 Å². The highest BCUT2D eigenvalue weighted by Gasteiger charge is 2.24. The summed E-state index contributed by atoms with van der Waals surface area (Å²) in [5, 5.41) is 9.02. The van der Waals surface area contributed by atoms with Gasteiger partial charge in [0.2, 0.25) is 0 Å². The molecule has 2 rings (SSSR count). The van der Waals surface area contributed by atoms with Crippen molar-refractivity contribution in [3.63, 3.8) is 0 Å². The van der Waals surface area contributed by atoms with E-state index in [4.69, 9.17) is 9.52 Å². The number of aromatic carboxylic acids is 1. The van der Waals surface area contributed by atoms with E-state index in [-0.39, 0.29) is 5.56 Å². The molecule has 0 aliphatic carbocycles. The zero-order chi connectivity index (χ0) is 14.0. The topological polar surface area (TPSA) is 56.9 Å². The maximum absolute atomic E-state index is 11.0. The Hall–Kier alpha value is -1.33. The first kappa shape index (κ1) is 14.1. The fraction of sp³-hybridized carbons (Fsp3) is 0.643. The Labute approximate surface area is 113 Å². The summed E-state index contributed by atoms with van der Waals surface area (Å²) in [6.07, 6.45) is 1.13. The number of hydrogen-bond donors (Lipinski definition) is 1. The molecule has 0 radical (unpaired) electrons. The fourth-order valence-corrected chi connectivity index (χ4v) is 2.65. The monoisotopic (exact) mass is 266 g/mol. The molecule has 1 aliphatic heterocycles. The van der Waals surface area contributed by atoms with Crippen LogP contribution in [0.25, 0.3) is 0 Å². The Balaban J connectivity index is 2.01. The second kappa shape index (κ2) is 5.75. The van der Waals surface area contributed by atoms with Crippen molar-refractivity contribution in [3.05, 3.63) is 23.2 Å². The van der Waals surface area contributed by atoms with Crippen LogP contribution in [0.15, 0.2) is 10.5 Å². The van der Waals surface area contributed by atoms with Crippen LogP contribution >= 0.6 is 0 Å². The van der Waals surface area contributed by atoms with Gasteiger partial charge >= 0.3 is 5.97 Å². The van der Waals surface area contributed by atoms with Crippen molar-refractivity contribution in [2.45, 2.75) is 32.9 Å². The molecule has 1 fully saturated rings. The highest BCUT2D eigenvalue weighted by Crippen LogP contribution is 2.18. The number of likely N-dealkylation sites (N-methyl/N-ethyl adjacent to an activating group) is 1. The minimum absolute atomic E-state index is 0.274. The highest BCUT2D eigenvalue weighted by molar-refractivity contribution is 5.88. The summed E-state index contributed by atoms with van der Waals surface area (Å²) in [5.74, 6) is 0.315. The summed E-state index contributed by atoms with van der Waals surface area (Å²) < 4.78 is 5.54. The smallest absolute Gasteiger partial charge is 0.339 e. The third-order valence-corrected chi connectivity index (χ3v) is 3.91. The van der Waals surface area contributed by atoms with Gasteiger partial charge in [-0.2, -0.15) is 0 Å². The lowest BCUT2D eigenvalue weighted by Crippen LogP contribution is -2.50. The third kappa shape index (κ3) is 3.16. The van der Waals surface area contributed by atoms with E-state index in [2.05, 4.69) is 23.8 Å². The van der Waals surface area contributed by atoms with Crippen molar-refractivity contribution in [3.8, 4) is 0 Å². The van der Waals surface area contributed by atoms with Crippen molar-refractivity contribution in [1.29, 1.82) is 0 Å². The van der Waals surface area contributed by atoms with Gasteiger partial charge in [0.25, 0.3) is 0 Å². The lowest BCUT2D eigenvalue weighted by molar-refractivity contribution is 0.0695. The maximum Gasteiger partial charge on any atom is 0.339 e. The number of carboxylic acids is 1. The van der Waals surface area contributed by atoms with Gasteiger partial charge in [0.05, 0.1) is 6.54 Å². The van der Waals surface area contributed by atoms with Crippen molar-refractivity contribution in [1.82, 2.24) is 9.80 Å². The minimum atomic E-state index is -0.919. The number of carbonyl (C=O) groups is 1. The summed E-state index contributed by atoms with van der Waals surface area (Å²) in [5.41, 5.74) is 0.274. The molecule has 0 bridgehead atoms. The standard InChI is InChI=1S/C14H22N2O3/c1-4-11-8-16(6-5-15(11)3)9-12-7-13(14(17)18)10(2)19-12/h7,11H,4-6,8-9H2,1-3H3,(H,17,18). The van der Waals surface area contributed by atoms with Gasteiger partial charge in [0.1, 0.15) is 17.1 Å². The van der Waals surface area contributed by atoms with E-state index in [0.29, 0.717) is 18.3 Å². The summed E-state index contributed by atoms with van der Waals surface area (Å²) in [6.45, 7) is 7.64. The predicted octanol–water partition coefficient (Wildman–Crippen LogP) is 1.81. The third-order valence-electron chi connectivity index (χ3n) is 3.91. The Morgan fingerprint density at radius 3 is 2.84 bits per heavy atom. The van der Waals surface area contributed by atoms with Crippen LogP contribution in [-0.2, 0) is 6.54 Å². The van der Waals surface area contributed by atoms with E-state index >= 15 is 0 Å². The second-order valence-corrected chi connectivity index (χ2v) is 5.27. The lowest BCUT2D eigenvalue weighted by atomic mass is 10.1. The van der Waals surface area contributed by atoms with Gasteiger partial charge in [-0.05, 0) is 26.5 Å². The molecule has 1 aromatic rings. The molecule has 2 heterocycles. The zero-order valence-corrected chi connectivity index (χ0v) is 11.8. The molecule has 0 spiro atoms. The summed E-state index contributed by atoms with van der Waals surface area (Å²) in [4.78, 5) is 15.7. The first-order chi connectivity index (χ1) is 9.01. The number of carboxylic acid groups (broad SMARTS) is 1. The molecule has 5 nitrogen and oxygen atoms in total. The van der Waals surface area contributed by atoms with Gasteiger partial charge in [0.15, 0.2) is 0 Å². The molecule has 1 N–H and O–H groups in total. The average molecular weight is 266 g/mol. The first-order valence-electron chi connectivity index (χ1n) is 6.76. The van der Waals surface area contributed by atoms with Gasteiger partial charge in [-0.3, -0.25) is 4.90 Å². The van der Waals surface area contributed by atoms with Gasteiger partial charge < -0.3 is 14.4 Å². The molecule has 1 saturated heterocycles. The van der Waals surface area contributed by atoms with Crippen LogP contribution in [0.4, 0.5) is 0 Å². The zero-order valence-electron chi connectivity index (χ0n) is 11.8. The number of hydrogen-bond acceptors (Lipinski definition) is 4. The van der Waals surface area contributed by atoms with Crippen LogP contribution in [0.1, 0.15) is 35.2 Å². The Kier molecular flexibility index (Phi) is 4.27. The number of aryl methyl sites for hydroxylation is 1. The average Bonchev–Trinajstić information content (AvgIpc) is 2.73. The van der Waals surface area contributed by atoms with Crippen LogP contribution in [0.2, 0.25) is 0 Å². The SMILES string of the molecule is CCC1CN(Cc2cc(C(=O)O)c(C)o2)CCN1C. The van der Waals surface area contributed by atoms with Gasteiger partial charge in [0, 0.05) is 25.7 Å². The number of furan rings is 1. The molecule has 1 unspecified atom stereocenters. The summed E-state index contributed by atoms with van der Waals surface area (Å²) in [6, 6.07) is 2.22. The first-order valence-corrected chi connectivity index (χ1v) is 6.76. The van der Waals surface area contributed by atoms with Crippen molar-refractivity contribution >= 4 is 5.97 Å². The van der Waals surface area contributed by atoms with E-state index < -0.39 is 5.97 Å². The Morgan fingerprint density at radius 1 is 1.53 bits per heavy atom. The molecule has 0 amide bonds. The van der Waals surface area contributed by atoms with Crippen LogP contribution in [0, 0.1) is 6.92 Å². The van der Waals surface area contributed by atoms with Crippen LogP contribution in [0.3, 0.4) is 0 Å². The van der Waals surface area contributed by atoms with Crippen molar-refractivity contribution in [2.75, 3.05) is 26.7 Å². The quantitative estimate of drug-likeness (QED) is 0.900. The van der Waals surface area contributed by atoms with Crippen LogP contribution in [-0.4, -0.2) is 53.6 Å². The predicted molar refractivity (Wildman–Crippen MR) is 72.4 cm³/mol. The Bertz CT molecular complexity index is 456. The highest BCUT2D eigenvalue weighted by atomic mass is 16.4. The molecule has 5 heteroatoms. The fourth-order valence-electron chi connectivity index (χ4n) is 2.65.